The van der Waals surface area contributed by atoms with E-state index in [1.807, 2.05) is 42.5 Å². The Morgan fingerprint density at radius 3 is 2.86 bits per heavy atom. The number of aromatic nitrogens is 2. The topological polar surface area (TPSA) is 35.0 Å². The summed E-state index contributed by atoms with van der Waals surface area (Å²) < 4.78 is 7.08. The summed E-state index contributed by atoms with van der Waals surface area (Å²) in [5, 5.41) is 2.52. The Bertz CT molecular complexity index is 934. The van der Waals surface area contributed by atoms with Crippen LogP contribution in [0.2, 0.25) is 5.02 Å². The van der Waals surface area contributed by atoms with Crippen LogP contribution in [0.1, 0.15) is 5.01 Å². The Morgan fingerprint density at radius 2 is 1.95 bits per heavy atom. The van der Waals surface area contributed by atoms with Gasteiger partial charge in [-0.2, -0.15) is 0 Å². The lowest BCUT2D eigenvalue weighted by Crippen LogP contribution is -1.96. The minimum atomic E-state index is 0.423. The van der Waals surface area contributed by atoms with E-state index in [1.165, 1.54) is 4.70 Å². The van der Waals surface area contributed by atoms with Crippen LogP contribution < -0.4 is 4.74 Å². The maximum Gasteiger partial charge on any atom is 0.146 e. The van der Waals surface area contributed by atoms with Gasteiger partial charge in [-0.05, 0) is 36.4 Å². The van der Waals surface area contributed by atoms with Gasteiger partial charge in [-0.3, -0.25) is 4.98 Å². The molecule has 0 amide bonds. The molecule has 0 fully saturated rings. The van der Waals surface area contributed by atoms with Crippen molar-refractivity contribution >= 4 is 44.1 Å². The highest BCUT2D eigenvalue weighted by atomic mass is 35.5. The first-order chi connectivity index (χ1) is 10.8. The summed E-state index contributed by atoms with van der Waals surface area (Å²) in [5.74, 6) is 0.722. The van der Waals surface area contributed by atoms with Gasteiger partial charge in [-0.1, -0.05) is 23.7 Å². The van der Waals surface area contributed by atoms with Crippen molar-refractivity contribution < 1.29 is 4.74 Å². The number of hydrogen-bond donors (Lipinski definition) is 0. The number of rotatable bonds is 3. The van der Waals surface area contributed by atoms with Crippen molar-refractivity contribution in [3.8, 4) is 5.75 Å². The van der Waals surface area contributed by atoms with Gasteiger partial charge in [0.15, 0.2) is 0 Å². The van der Waals surface area contributed by atoms with E-state index in [9.17, 15) is 0 Å². The van der Waals surface area contributed by atoms with Gasteiger partial charge in [0.05, 0.1) is 15.2 Å². The molecule has 0 N–H and O–H groups in total. The minimum absolute atomic E-state index is 0.423. The number of fused-ring (bicyclic) bond motifs is 2. The molecule has 5 heteroatoms. The fourth-order valence-corrected chi connectivity index (χ4v) is 3.45. The zero-order valence-electron chi connectivity index (χ0n) is 11.5. The lowest BCUT2D eigenvalue weighted by molar-refractivity contribution is 0.309. The van der Waals surface area contributed by atoms with Gasteiger partial charge in [-0.15, -0.1) is 11.3 Å². The second-order valence-electron chi connectivity index (χ2n) is 4.81. The Balaban J connectivity index is 1.65. The van der Waals surface area contributed by atoms with Crippen LogP contribution in [0, 0.1) is 0 Å². The fraction of sp³-hybridized carbons (Fsp3) is 0.0588. The van der Waals surface area contributed by atoms with E-state index in [0.717, 1.165) is 27.2 Å². The van der Waals surface area contributed by atoms with Crippen molar-refractivity contribution in [2.45, 2.75) is 6.61 Å². The summed E-state index contributed by atoms with van der Waals surface area (Å²) in [6.45, 7) is 0.423. The number of hydrogen-bond acceptors (Lipinski definition) is 4. The Morgan fingerprint density at radius 1 is 1.05 bits per heavy atom. The first-order valence-electron chi connectivity index (χ1n) is 6.82. The highest BCUT2D eigenvalue weighted by Gasteiger charge is 2.09. The largest absolute Gasteiger partial charge is 0.484 e. The molecule has 4 aromatic rings. The van der Waals surface area contributed by atoms with Gasteiger partial charge in [0, 0.05) is 11.6 Å². The molecule has 0 spiro atoms. The summed E-state index contributed by atoms with van der Waals surface area (Å²) in [5.41, 5.74) is 1.78. The maximum atomic E-state index is 6.19. The SMILES string of the molecule is Clc1ccc(OCc2nc3ccccc3s2)c2ncccc12. The molecular weight excluding hydrogens is 316 g/mol. The van der Waals surface area contributed by atoms with E-state index >= 15 is 0 Å². The standard InChI is InChI=1S/C17H11ClN2OS/c18-12-7-8-14(17-11(12)4-3-9-19-17)21-10-16-20-13-5-1-2-6-15(13)22-16/h1-9H,10H2. The number of para-hydroxylation sites is 1. The average molecular weight is 327 g/mol. The molecule has 2 aromatic carbocycles. The monoisotopic (exact) mass is 326 g/mol. The van der Waals surface area contributed by atoms with E-state index < -0.39 is 0 Å². The Kier molecular flexibility index (Phi) is 3.41. The van der Waals surface area contributed by atoms with Gasteiger partial charge < -0.3 is 4.74 Å². The highest BCUT2D eigenvalue weighted by molar-refractivity contribution is 7.18. The minimum Gasteiger partial charge on any atom is -0.484 e. The second-order valence-corrected chi connectivity index (χ2v) is 6.33. The van der Waals surface area contributed by atoms with E-state index in [1.54, 1.807) is 17.5 Å². The summed E-state index contributed by atoms with van der Waals surface area (Å²) in [4.78, 5) is 8.94. The van der Waals surface area contributed by atoms with Gasteiger partial charge in [-0.25, -0.2) is 4.98 Å². The van der Waals surface area contributed by atoms with Crippen LogP contribution >= 0.6 is 22.9 Å². The normalized spacial score (nSPS) is 11.1. The van der Waals surface area contributed by atoms with Gasteiger partial charge in [0.1, 0.15) is 22.9 Å². The van der Waals surface area contributed by atoms with Gasteiger partial charge >= 0.3 is 0 Å². The van der Waals surface area contributed by atoms with Crippen LogP contribution in [0.25, 0.3) is 21.1 Å². The summed E-state index contributed by atoms with van der Waals surface area (Å²) in [7, 11) is 0. The number of ether oxygens (including phenoxy) is 1. The van der Waals surface area contributed by atoms with Crippen molar-refractivity contribution in [2.75, 3.05) is 0 Å². The molecule has 2 heterocycles. The van der Waals surface area contributed by atoms with E-state index in [-0.39, 0.29) is 0 Å². The highest BCUT2D eigenvalue weighted by Crippen LogP contribution is 2.30. The lowest BCUT2D eigenvalue weighted by atomic mass is 10.2. The molecular formula is C17H11ClN2OS. The van der Waals surface area contributed by atoms with Crippen molar-refractivity contribution in [1.29, 1.82) is 0 Å². The molecule has 0 atom stereocenters. The van der Waals surface area contributed by atoms with Crippen LogP contribution in [0.4, 0.5) is 0 Å². The summed E-state index contributed by atoms with van der Waals surface area (Å²) in [6.07, 6.45) is 1.74. The third-order valence-electron chi connectivity index (χ3n) is 3.37. The molecule has 0 radical (unpaired) electrons. The van der Waals surface area contributed by atoms with Crippen molar-refractivity contribution in [3.05, 3.63) is 64.8 Å². The second kappa shape index (κ2) is 5.55. The molecule has 0 aliphatic heterocycles. The molecule has 22 heavy (non-hydrogen) atoms. The molecule has 2 aromatic heterocycles. The van der Waals surface area contributed by atoms with Crippen LogP contribution in [0.5, 0.6) is 5.75 Å². The lowest BCUT2D eigenvalue weighted by Gasteiger charge is -2.08. The number of benzene rings is 2. The molecule has 0 saturated carbocycles. The Hall–Kier alpha value is -2.17. The number of halogens is 1. The summed E-state index contributed by atoms with van der Waals surface area (Å²) >= 11 is 7.84. The average Bonchev–Trinajstić information content (AvgIpc) is 2.97. The van der Waals surface area contributed by atoms with Crippen molar-refractivity contribution in [1.82, 2.24) is 9.97 Å². The van der Waals surface area contributed by atoms with E-state index in [4.69, 9.17) is 16.3 Å². The first kappa shape index (κ1) is 13.5. The number of thiazole rings is 1. The van der Waals surface area contributed by atoms with Gasteiger partial charge in [0.25, 0.3) is 0 Å². The molecule has 108 valence electrons. The van der Waals surface area contributed by atoms with E-state index in [0.29, 0.717) is 11.6 Å². The van der Waals surface area contributed by atoms with Crippen LogP contribution in [-0.4, -0.2) is 9.97 Å². The fourth-order valence-electron chi connectivity index (χ4n) is 2.35. The molecule has 0 aliphatic rings. The molecule has 4 rings (SSSR count). The van der Waals surface area contributed by atoms with Crippen LogP contribution in [0.15, 0.2) is 54.7 Å². The van der Waals surface area contributed by atoms with Crippen LogP contribution in [0.3, 0.4) is 0 Å². The zero-order valence-corrected chi connectivity index (χ0v) is 13.1. The third kappa shape index (κ3) is 2.40. The molecule has 0 aliphatic carbocycles. The number of nitrogens with zero attached hydrogens (tertiary/aromatic N) is 2. The molecule has 0 saturated heterocycles. The predicted molar refractivity (Wildman–Crippen MR) is 90.7 cm³/mol. The maximum absolute atomic E-state index is 6.19. The predicted octanol–water partition coefficient (Wildman–Crippen LogP) is 5.08. The first-order valence-corrected chi connectivity index (χ1v) is 8.01. The van der Waals surface area contributed by atoms with Crippen molar-refractivity contribution in [3.63, 3.8) is 0 Å². The third-order valence-corrected chi connectivity index (χ3v) is 4.71. The van der Waals surface area contributed by atoms with Gasteiger partial charge in [0.2, 0.25) is 0 Å². The Labute approximate surface area is 136 Å². The van der Waals surface area contributed by atoms with Crippen LogP contribution in [-0.2, 0) is 6.61 Å². The van der Waals surface area contributed by atoms with Crippen molar-refractivity contribution in [2.24, 2.45) is 0 Å². The number of pyridine rings is 1. The molecule has 3 nitrogen and oxygen atoms in total. The molecule has 0 unspecified atom stereocenters. The molecule has 0 bridgehead atoms. The zero-order chi connectivity index (χ0) is 14.9. The summed E-state index contributed by atoms with van der Waals surface area (Å²) in [6, 6.07) is 15.6. The quantitative estimate of drug-likeness (QED) is 0.527. The smallest absolute Gasteiger partial charge is 0.146 e. The van der Waals surface area contributed by atoms with E-state index in [2.05, 4.69) is 16.0 Å².